The van der Waals surface area contributed by atoms with E-state index in [1.165, 1.54) is 11.4 Å². The van der Waals surface area contributed by atoms with E-state index in [0.717, 1.165) is 22.4 Å². The monoisotopic (exact) mass is 525 g/mol. The number of carbonyl (C=O) groups is 3. The number of cyclic esters (lactones) is 1. The number of ether oxygens (including phenoxy) is 1. The molecule has 5 heterocycles. The summed E-state index contributed by atoms with van der Waals surface area (Å²) in [4.78, 5) is 48.1. The Morgan fingerprint density at radius 2 is 1.82 bits per heavy atom. The number of rotatable bonds is 5. The largest absolute Gasteiger partial charge is 0.434 e. The van der Waals surface area contributed by atoms with Gasteiger partial charge >= 0.3 is 6.09 Å². The van der Waals surface area contributed by atoms with Crippen LogP contribution in [0.1, 0.15) is 41.7 Å². The van der Waals surface area contributed by atoms with Crippen molar-refractivity contribution in [2.45, 2.75) is 31.8 Å². The zero-order valence-electron chi connectivity index (χ0n) is 21.3. The lowest BCUT2D eigenvalue weighted by Crippen LogP contribution is -2.45. The molecule has 3 N–H and O–H groups in total. The Balaban J connectivity index is 1.30. The summed E-state index contributed by atoms with van der Waals surface area (Å²) in [6.45, 7) is 2.56. The number of amides is 2. The number of hydrogen-bond donors (Lipinski definition) is 2. The number of benzene rings is 1. The Hall–Kier alpha value is -4.80. The highest BCUT2D eigenvalue weighted by atomic mass is 16.6. The van der Waals surface area contributed by atoms with Crippen LogP contribution in [0.4, 0.5) is 10.6 Å². The highest BCUT2D eigenvalue weighted by molar-refractivity contribution is 6.00. The van der Waals surface area contributed by atoms with Gasteiger partial charge in [-0.25, -0.2) is 9.78 Å². The predicted octanol–water partition coefficient (Wildman–Crippen LogP) is 3.06. The lowest BCUT2D eigenvalue weighted by molar-refractivity contribution is -0.139. The summed E-state index contributed by atoms with van der Waals surface area (Å²) < 4.78 is 6.55. The molecule has 6 rings (SSSR count). The second-order valence-electron chi connectivity index (χ2n) is 9.78. The number of Topliss-reactive ketones (excluding diaryl/α,β-unsaturated/α-hetero) is 1. The van der Waals surface area contributed by atoms with E-state index in [1.807, 2.05) is 42.5 Å². The van der Waals surface area contributed by atoms with Crippen LogP contribution in [0.5, 0.6) is 0 Å². The molecule has 0 aliphatic carbocycles. The highest BCUT2D eigenvalue weighted by Crippen LogP contribution is 2.35. The van der Waals surface area contributed by atoms with Crippen LogP contribution < -0.4 is 11.1 Å². The van der Waals surface area contributed by atoms with Gasteiger partial charge in [-0.1, -0.05) is 36.4 Å². The van der Waals surface area contributed by atoms with E-state index < -0.39 is 12.2 Å². The average Bonchev–Trinajstić information content (AvgIpc) is 3.59. The van der Waals surface area contributed by atoms with Crippen LogP contribution in [0.2, 0.25) is 0 Å². The third-order valence-corrected chi connectivity index (χ3v) is 7.36. The zero-order chi connectivity index (χ0) is 27.1. The normalized spacial score (nSPS) is 17.7. The summed E-state index contributed by atoms with van der Waals surface area (Å²) in [5.74, 6) is -0.243. The summed E-state index contributed by atoms with van der Waals surface area (Å²) in [7, 11) is 0. The van der Waals surface area contributed by atoms with Gasteiger partial charge in [-0.05, 0) is 25.8 Å². The molecule has 11 heteroatoms. The Kier molecular flexibility index (Phi) is 6.18. The van der Waals surface area contributed by atoms with Gasteiger partial charge in [-0.3, -0.25) is 14.6 Å². The van der Waals surface area contributed by atoms with Crippen molar-refractivity contribution < 1.29 is 19.1 Å². The first-order valence-corrected chi connectivity index (χ1v) is 12.8. The number of fused-ring (bicyclic) bond motifs is 1. The number of carbonyl (C=O) groups excluding carboxylic acids is 3. The lowest BCUT2D eigenvalue weighted by atomic mass is 9.89. The van der Waals surface area contributed by atoms with Crippen LogP contribution >= 0.6 is 0 Å². The Morgan fingerprint density at radius 3 is 2.46 bits per heavy atom. The fourth-order valence-electron chi connectivity index (χ4n) is 5.33. The Bertz CT molecular complexity index is 1580. The van der Waals surface area contributed by atoms with E-state index in [-0.39, 0.29) is 30.0 Å². The van der Waals surface area contributed by atoms with Crippen molar-refractivity contribution in [2.24, 2.45) is 0 Å². The molecule has 3 aromatic heterocycles. The molecular weight excluding hydrogens is 498 g/mol. The number of nitrogens with one attached hydrogen (secondary N) is 1. The van der Waals surface area contributed by atoms with Crippen LogP contribution in [0.3, 0.4) is 0 Å². The molecule has 1 aromatic carbocycles. The molecule has 11 nitrogen and oxygen atoms in total. The molecular formula is C28H27N7O4. The van der Waals surface area contributed by atoms with E-state index in [0.29, 0.717) is 42.8 Å². The molecule has 2 aliphatic rings. The maximum atomic E-state index is 12.8. The van der Waals surface area contributed by atoms with Gasteiger partial charge in [0.05, 0.1) is 29.7 Å². The number of likely N-dealkylation sites (tertiary alicyclic amines) is 1. The number of alkyl carbamates (subject to hydrolysis) is 1. The van der Waals surface area contributed by atoms with Crippen LogP contribution in [0.15, 0.2) is 54.9 Å². The predicted molar refractivity (Wildman–Crippen MR) is 143 cm³/mol. The second kappa shape index (κ2) is 9.82. The van der Waals surface area contributed by atoms with Crippen molar-refractivity contribution in [3.05, 3.63) is 66.1 Å². The minimum absolute atomic E-state index is 0.0779. The van der Waals surface area contributed by atoms with Crippen molar-refractivity contribution >= 4 is 29.2 Å². The molecule has 2 saturated heterocycles. The lowest BCUT2D eigenvalue weighted by Gasteiger charge is -2.33. The number of hydrogen-bond acceptors (Lipinski definition) is 8. The molecule has 0 unspecified atom stereocenters. The first kappa shape index (κ1) is 24.5. The summed E-state index contributed by atoms with van der Waals surface area (Å²) in [5, 5.41) is 6.95. The Labute approximate surface area is 224 Å². The second-order valence-corrected chi connectivity index (χ2v) is 9.78. The van der Waals surface area contributed by atoms with Gasteiger partial charge in [0.15, 0.2) is 17.5 Å². The quantitative estimate of drug-likeness (QED) is 0.378. The number of pyridine rings is 1. The summed E-state index contributed by atoms with van der Waals surface area (Å²) >= 11 is 0. The van der Waals surface area contributed by atoms with Crippen molar-refractivity contribution in [1.29, 1.82) is 0 Å². The van der Waals surface area contributed by atoms with Gasteiger partial charge in [0.1, 0.15) is 5.82 Å². The molecule has 2 amide bonds. The van der Waals surface area contributed by atoms with Crippen molar-refractivity contribution in [3.8, 4) is 22.4 Å². The molecule has 198 valence electrons. The van der Waals surface area contributed by atoms with Gasteiger partial charge < -0.3 is 20.7 Å². The molecule has 1 atom stereocenters. The van der Waals surface area contributed by atoms with E-state index in [4.69, 9.17) is 15.5 Å². The van der Waals surface area contributed by atoms with Gasteiger partial charge in [-0.15, -0.1) is 0 Å². The molecule has 2 fully saturated rings. The fourth-order valence-corrected chi connectivity index (χ4v) is 5.33. The SMILES string of the molecule is CC(=O)c1c(C2CCN(C(=O)[C@H]3CNC(=O)O3)CC2)nc2c(-c3ccc(-c4ccccc4)nc3)cnn2c1N. The molecule has 2 aliphatic heterocycles. The van der Waals surface area contributed by atoms with Crippen LogP contribution in [0, 0.1) is 0 Å². The minimum Gasteiger partial charge on any atom is -0.434 e. The molecule has 39 heavy (non-hydrogen) atoms. The van der Waals surface area contributed by atoms with E-state index in [1.54, 1.807) is 17.3 Å². The number of nitrogen functional groups attached to an aromatic ring is 1. The van der Waals surface area contributed by atoms with E-state index in [9.17, 15) is 14.4 Å². The fraction of sp³-hybridized carbons (Fsp3) is 0.286. The van der Waals surface area contributed by atoms with Gasteiger partial charge in [-0.2, -0.15) is 9.61 Å². The van der Waals surface area contributed by atoms with Gasteiger partial charge in [0, 0.05) is 41.9 Å². The average molecular weight is 526 g/mol. The smallest absolute Gasteiger partial charge is 0.408 e. The van der Waals surface area contributed by atoms with Crippen molar-refractivity contribution in [3.63, 3.8) is 0 Å². The maximum Gasteiger partial charge on any atom is 0.408 e. The van der Waals surface area contributed by atoms with Crippen molar-refractivity contribution in [2.75, 3.05) is 25.4 Å². The summed E-state index contributed by atoms with van der Waals surface area (Å²) in [6.07, 6.45) is 3.28. The maximum absolute atomic E-state index is 12.8. The van der Waals surface area contributed by atoms with E-state index in [2.05, 4.69) is 15.4 Å². The van der Waals surface area contributed by atoms with Crippen LogP contribution in [-0.2, 0) is 9.53 Å². The van der Waals surface area contributed by atoms with Gasteiger partial charge in [0.2, 0.25) is 0 Å². The third kappa shape index (κ3) is 4.45. The number of aromatic nitrogens is 4. The molecule has 4 aromatic rings. The third-order valence-electron chi connectivity index (χ3n) is 7.36. The highest BCUT2D eigenvalue weighted by Gasteiger charge is 2.36. The number of anilines is 1. The zero-order valence-corrected chi connectivity index (χ0v) is 21.3. The topological polar surface area (TPSA) is 145 Å². The van der Waals surface area contributed by atoms with Crippen molar-refractivity contribution in [1.82, 2.24) is 29.8 Å². The van der Waals surface area contributed by atoms with Crippen LogP contribution in [0.25, 0.3) is 28.0 Å². The number of nitrogens with zero attached hydrogens (tertiary/aromatic N) is 5. The number of piperidine rings is 1. The van der Waals surface area contributed by atoms with Crippen LogP contribution in [-0.4, -0.2) is 68.0 Å². The first-order valence-electron chi connectivity index (χ1n) is 12.8. The summed E-state index contributed by atoms with van der Waals surface area (Å²) in [6, 6.07) is 13.8. The molecule has 0 bridgehead atoms. The number of ketones is 1. The first-order chi connectivity index (χ1) is 18.9. The Morgan fingerprint density at radius 1 is 1.05 bits per heavy atom. The molecule has 0 radical (unpaired) electrons. The minimum atomic E-state index is -0.803. The standard InChI is InChI=1S/C28H27N7O4/c1-16(36)23-24(18-9-11-34(12-10-18)27(37)22-15-31-28(38)39-22)33-26-20(14-32-35(26)25(23)29)19-7-8-21(30-13-19)17-5-3-2-4-6-17/h2-8,13-14,18,22H,9-12,15,29H2,1H3,(H,31,38)/t22-/m1/s1. The van der Waals surface area contributed by atoms with Gasteiger partial charge in [0.25, 0.3) is 5.91 Å². The number of nitrogens with two attached hydrogens (primary N) is 1. The molecule has 0 spiro atoms. The van der Waals surface area contributed by atoms with E-state index >= 15 is 0 Å². The summed E-state index contributed by atoms with van der Waals surface area (Å²) in [5.41, 5.74) is 11.5. The molecule has 0 saturated carbocycles.